The molecule has 122 valence electrons. The highest BCUT2D eigenvalue weighted by Crippen LogP contribution is 2.29. The van der Waals surface area contributed by atoms with Gasteiger partial charge in [0, 0.05) is 17.4 Å². The summed E-state index contributed by atoms with van der Waals surface area (Å²) in [4.78, 5) is 12.2. The lowest BCUT2D eigenvalue weighted by Gasteiger charge is -2.16. The number of carbonyl (C=O) groups is 1. The average Bonchev–Trinajstić information content (AvgIpc) is 2.56. The summed E-state index contributed by atoms with van der Waals surface area (Å²) >= 11 is 0. The molecule has 23 heavy (non-hydrogen) atoms. The lowest BCUT2D eigenvalue weighted by molar-refractivity contribution is -0.122. The molecule has 0 aliphatic heterocycles. The molecule has 0 saturated carbocycles. The van der Waals surface area contributed by atoms with Crippen molar-refractivity contribution in [2.75, 3.05) is 25.3 Å². The van der Waals surface area contributed by atoms with Gasteiger partial charge in [0.2, 0.25) is 0 Å². The van der Waals surface area contributed by atoms with E-state index in [4.69, 9.17) is 19.9 Å². The number of amides is 1. The Balaban J connectivity index is 2.01. The van der Waals surface area contributed by atoms with Gasteiger partial charge >= 0.3 is 0 Å². The third kappa shape index (κ3) is 4.29. The van der Waals surface area contributed by atoms with E-state index in [9.17, 15) is 4.79 Å². The molecule has 2 rings (SSSR count). The first-order valence-electron chi connectivity index (χ1n) is 7.08. The summed E-state index contributed by atoms with van der Waals surface area (Å²) in [6.45, 7) is 1.67. The maximum absolute atomic E-state index is 12.2. The molecule has 0 radical (unpaired) electrons. The van der Waals surface area contributed by atoms with Crippen LogP contribution in [0.4, 0.5) is 11.4 Å². The van der Waals surface area contributed by atoms with Crippen LogP contribution in [0.25, 0.3) is 0 Å². The predicted molar refractivity (Wildman–Crippen MR) is 89.1 cm³/mol. The van der Waals surface area contributed by atoms with Crippen molar-refractivity contribution in [2.24, 2.45) is 0 Å². The molecule has 6 nitrogen and oxygen atoms in total. The van der Waals surface area contributed by atoms with E-state index in [1.807, 2.05) is 0 Å². The molecule has 3 N–H and O–H groups in total. The monoisotopic (exact) mass is 316 g/mol. The number of rotatable bonds is 6. The number of nitrogen functional groups attached to an aromatic ring is 1. The van der Waals surface area contributed by atoms with E-state index in [0.29, 0.717) is 28.6 Å². The van der Waals surface area contributed by atoms with E-state index in [0.717, 1.165) is 0 Å². The predicted octanol–water partition coefficient (Wildman–Crippen LogP) is 2.69. The maximum atomic E-state index is 12.2. The van der Waals surface area contributed by atoms with Crippen molar-refractivity contribution in [1.29, 1.82) is 0 Å². The molecule has 0 aliphatic carbocycles. The molecule has 0 saturated heterocycles. The van der Waals surface area contributed by atoms with Gasteiger partial charge in [0.05, 0.1) is 14.2 Å². The first kappa shape index (κ1) is 16.5. The minimum absolute atomic E-state index is 0.269. The van der Waals surface area contributed by atoms with Gasteiger partial charge in [-0.1, -0.05) is 0 Å². The standard InChI is InChI=1S/C17H20N2O4/c1-11(23-14-7-4-12(18)5-8-14)17(20)19-13-6-9-15(21-2)16(10-13)22-3/h4-11H,18H2,1-3H3,(H,19,20). The second kappa shape index (κ2) is 7.40. The zero-order valence-electron chi connectivity index (χ0n) is 13.3. The largest absolute Gasteiger partial charge is 0.493 e. The summed E-state index contributed by atoms with van der Waals surface area (Å²) in [7, 11) is 3.09. The fourth-order valence-corrected chi connectivity index (χ4v) is 1.96. The first-order valence-corrected chi connectivity index (χ1v) is 7.08. The van der Waals surface area contributed by atoms with E-state index in [2.05, 4.69) is 5.32 Å². The third-order valence-electron chi connectivity index (χ3n) is 3.21. The molecule has 0 aromatic heterocycles. The van der Waals surface area contributed by atoms with Crippen LogP contribution in [0.1, 0.15) is 6.92 Å². The van der Waals surface area contributed by atoms with Crippen molar-refractivity contribution in [3.63, 3.8) is 0 Å². The zero-order chi connectivity index (χ0) is 16.8. The topological polar surface area (TPSA) is 82.8 Å². The number of anilines is 2. The highest BCUT2D eigenvalue weighted by molar-refractivity contribution is 5.94. The van der Waals surface area contributed by atoms with Crippen molar-refractivity contribution in [3.8, 4) is 17.2 Å². The molecule has 6 heteroatoms. The molecule has 0 fully saturated rings. The summed E-state index contributed by atoms with van der Waals surface area (Å²) in [5, 5.41) is 2.78. The van der Waals surface area contributed by atoms with Crippen LogP contribution in [0.3, 0.4) is 0 Å². The van der Waals surface area contributed by atoms with Gasteiger partial charge in [0.1, 0.15) is 5.75 Å². The minimum Gasteiger partial charge on any atom is -0.493 e. The van der Waals surface area contributed by atoms with Gasteiger partial charge in [-0.25, -0.2) is 0 Å². The van der Waals surface area contributed by atoms with Gasteiger partial charge in [-0.05, 0) is 43.3 Å². The van der Waals surface area contributed by atoms with E-state index in [1.165, 1.54) is 7.11 Å². The molecule has 0 aliphatic rings. The number of hydrogen-bond donors (Lipinski definition) is 2. The normalized spacial score (nSPS) is 11.4. The van der Waals surface area contributed by atoms with Crippen LogP contribution in [0.2, 0.25) is 0 Å². The Bertz CT molecular complexity index is 671. The van der Waals surface area contributed by atoms with Crippen LogP contribution in [0.15, 0.2) is 42.5 Å². The average molecular weight is 316 g/mol. The maximum Gasteiger partial charge on any atom is 0.265 e. The molecule has 0 heterocycles. The van der Waals surface area contributed by atoms with Crippen LogP contribution in [0, 0.1) is 0 Å². The quantitative estimate of drug-likeness (QED) is 0.801. The van der Waals surface area contributed by atoms with Crippen molar-refractivity contribution < 1.29 is 19.0 Å². The second-order valence-electron chi connectivity index (χ2n) is 4.89. The van der Waals surface area contributed by atoms with E-state index in [1.54, 1.807) is 56.5 Å². The van der Waals surface area contributed by atoms with Crippen molar-refractivity contribution in [1.82, 2.24) is 0 Å². The van der Waals surface area contributed by atoms with Crippen molar-refractivity contribution in [3.05, 3.63) is 42.5 Å². The Hall–Kier alpha value is -2.89. The summed E-state index contributed by atoms with van der Waals surface area (Å²) in [5.41, 5.74) is 6.85. The zero-order valence-corrected chi connectivity index (χ0v) is 13.3. The Morgan fingerprint density at radius 3 is 2.30 bits per heavy atom. The lowest BCUT2D eigenvalue weighted by Crippen LogP contribution is -2.30. The molecule has 0 spiro atoms. The molecule has 0 bridgehead atoms. The van der Waals surface area contributed by atoms with Crippen LogP contribution < -0.4 is 25.3 Å². The molecule has 1 atom stereocenters. The molecular formula is C17H20N2O4. The fraction of sp³-hybridized carbons (Fsp3) is 0.235. The van der Waals surface area contributed by atoms with Crippen LogP contribution >= 0.6 is 0 Å². The van der Waals surface area contributed by atoms with Gasteiger partial charge in [-0.15, -0.1) is 0 Å². The number of nitrogens with two attached hydrogens (primary N) is 1. The lowest BCUT2D eigenvalue weighted by atomic mass is 10.2. The van der Waals surface area contributed by atoms with E-state index < -0.39 is 6.10 Å². The fourth-order valence-electron chi connectivity index (χ4n) is 1.96. The Kier molecular flexibility index (Phi) is 5.30. The first-order chi connectivity index (χ1) is 11.0. The van der Waals surface area contributed by atoms with Gasteiger partial charge in [-0.3, -0.25) is 4.79 Å². The number of benzene rings is 2. The Morgan fingerprint density at radius 1 is 1.04 bits per heavy atom. The number of methoxy groups -OCH3 is 2. The molecule has 1 amide bonds. The number of nitrogens with one attached hydrogen (secondary N) is 1. The highest BCUT2D eigenvalue weighted by Gasteiger charge is 2.16. The molecule has 2 aromatic rings. The van der Waals surface area contributed by atoms with Crippen LogP contribution in [-0.4, -0.2) is 26.2 Å². The highest BCUT2D eigenvalue weighted by atomic mass is 16.5. The summed E-state index contributed by atoms with van der Waals surface area (Å²) in [6.07, 6.45) is -0.660. The second-order valence-corrected chi connectivity index (χ2v) is 4.89. The Morgan fingerprint density at radius 2 is 1.70 bits per heavy atom. The SMILES string of the molecule is COc1ccc(NC(=O)C(C)Oc2ccc(N)cc2)cc1OC. The van der Waals surface area contributed by atoms with Gasteiger partial charge in [0.25, 0.3) is 5.91 Å². The van der Waals surface area contributed by atoms with Crippen LogP contribution in [0.5, 0.6) is 17.2 Å². The van der Waals surface area contributed by atoms with Gasteiger partial charge in [0.15, 0.2) is 17.6 Å². The van der Waals surface area contributed by atoms with E-state index >= 15 is 0 Å². The summed E-state index contributed by atoms with van der Waals surface area (Å²) in [6, 6.07) is 12.0. The molecular weight excluding hydrogens is 296 g/mol. The van der Waals surface area contributed by atoms with Gasteiger partial charge < -0.3 is 25.3 Å². The number of ether oxygens (including phenoxy) is 3. The minimum atomic E-state index is -0.660. The number of hydrogen-bond acceptors (Lipinski definition) is 5. The van der Waals surface area contributed by atoms with Crippen molar-refractivity contribution >= 4 is 17.3 Å². The summed E-state index contributed by atoms with van der Waals surface area (Å²) in [5.74, 6) is 1.44. The summed E-state index contributed by atoms with van der Waals surface area (Å²) < 4.78 is 15.9. The van der Waals surface area contributed by atoms with Crippen LogP contribution in [-0.2, 0) is 4.79 Å². The Labute approximate surface area is 135 Å². The molecule has 1 unspecified atom stereocenters. The van der Waals surface area contributed by atoms with Crippen molar-refractivity contribution in [2.45, 2.75) is 13.0 Å². The molecule has 2 aromatic carbocycles. The van der Waals surface area contributed by atoms with E-state index in [-0.39, 0.29) is 5.91 Å². The van der Waals surface area contributed by atoms with Gasteiger partial charge in [-0.2, -0.15) is 0 Å². The third-order valence-corrected chi connectivity index (χ3v) is 3.21. The smallest absolute Gasteiger partial charge is 0.265 e. The number of carbonyl (C=O) groups excluding carboxylic acids is 1.